The molecule has 0 amide bonds. The first kappa shape index (κ1) is 21.5. The monoisotopic (exact) mass is 447 g/mol. The molecule has 33 heavy (non-hydrogen) atoms. The van der Waals surface area contributed by atoms with Crippen LogP contribution in [0.2, 0.25) is 0 Å². The van der Waals surface area contributed by atoms with Crippen molar-refractivity contribution in [3.05, 3.63) is 58.9 Å². The number of morpholine rings is 1. The Bertz CT molecular complexity index is 981. The van der Waals surface area contributed by atoms with Crippen molar-refractivity contribution in [2.24, 2.45) is 0 Å². The fourth-order valence-electron chi connectivity index (χ4n) is 6.47. The Morgan fingerprint density at radius 1 is 1.15 bits per heavy atom. The van der Waals surface area contributed by atoms with E-state index in [0.29, 0.717) is 18.1 Å². The highest BCUT2D eigenvalue weighted by molar-refractivity contribution is 5.58. The number of pyridine rings is 1. The summed E-state index contributed by atoms with van der Waals surface area (Å²) < 4.78 is 5.79. The molecule has 0 radical (unpaired) electrons. The second-order valence-corrected chi connectivity index (χ2v) is 10.3. The third kappa shape index (κ3) is 4.30. The quantitative estimate of drug-likeness (QED) is 0.777. The number of hydrogen-bond acceptors (Lipinski definition) is 6. The number of piperazine rings is 1. The zero-order chi connectivity index (χ0) is 22.2. The molecule has 6 rings (SSSR count). The molecular formula is C27H37N5O. The smallest absolute Gasteiger partial charge is 0.0639 e. The fourth-order valence-corrected chi connectivity index (χ4v) is 6.47. The molecule has 1 aromatic carbocycles. The molecule has 1 aromatic heterocycles. The number of rotatable bonds is 4. The molecule has 0 saturated carbocycles. The number of anilines is 1. The van der Waals surface area contributed by atoms with E-state index in [-0.39, 0.29) is 0 Å². The van der Waals surface area contributed by atoms with E-state index in [9.17, 15) is 0 Å². The molecule has 1 aliphatic carbocycles. The summed E-state index contributed by atoms with van der Waals surface area (Å²) in [5.41, 5.74) is 7.23. The highest BCUT2D eigenvalue weighted by Gasteiger charge is 2.32. The number of ether oxygens (including phenoxy) is 1. The zero-order valence-corrected chi connectivity index (χ0v) is 19.9. The van der Waals surface area contributed by atoms with Gasteiger partial charge in [0, 0.05) is 57.2 Å². The van der Waals surface area contributed by atoms with Crippen molar-refractivity contribution in [3.63, 3.8) is 0 Å². The minimum Gasteiger partial charge on any atom is -0.378 e. The number of nitrogens with zero attached hydrogens (tertiary/aromatic N) is 4. The molecule has 6 heteroatoms. The largest absolute Gasteiger partial charge is 0.378 e. The third-order valence-electron chi connectivity index (χ3n) is 8.26. The average molecular weight is 448 g/mol. The zero-order valence-electron chi connectivity index (χ0n) is 19.9. The van der Waals surface area contributed by atoms with Gasteiger partial charge >= 0.3 is 0 Å². The molecule has 0 bridgehead atoms. The summed E-state index contributed by atoms with van der Waals surface area (Å²) >= 11 is 0. The van der Waals surface area contributed by atoms with Crippen LogP contribution in [0.15, 0.2) is 36.5 Å². The van der Waals surface area contributed by atoms with E-state index in [1.165, 1.54) is 41.8 Å². The predicted octanol–water partition coefficient (Wildman–Crippen LogP) is 2.63. The molecule has 2 aromatic rings. The second kappa shape index (κ2) is 9.34. The van der Waals surface area contributed by atoms with Crippen LogP contribution < -0.4 is 10.2 Å². The highest BCUT2D eigenvalue weighted by atomic mass is 16.5. The molecule has 1 N–H and O–H groups in total. The topological polar surface area (TPSA) is 43.9 Å². The molecule has 4 heterocycles. The van der Waals surface area contributed by atoms with Gasteiger partial charge in [-0.2, -0.15) is 0 Å². The number of benzene rings is 1. The van der Waals surface area contributed by atoms with Crippen LogP contribution in [0.5, 0.6) is 0 Å². The van der Waals surface area contributed by atoms with Crippen molar-refractivity contribution < 1.29 is 4.74 Å². The maximum Gasteiger partial charge on any atom is 0.0639 e. The number of nitrogens with one attached hydrogen (secondary N) is 1. The van der Waals surface area contributed by atoms with E-state index >= 15 is 0 Å². The van der Waals surface area contributed by atoms with Gasteiger partial charge in [-0.25, -0.2) is 0 Å². The van der Waals surface area contributed by atoms with Crippen molar-refractivity contribution in [2.75, 3.05) is 57.9 Å². The Hall–Kier alpha value is -1.99. The van der Waals surface area contributed by atoms with Crippen LogP contribution in [0.25, 0.3) is 0 Å². The van der Waals surface area contributed by atoms with Gasteiger partial charge in [0.2, 0.25) is 0 Å². The lowest BCUT2D eigenvalue weighted by atomic mass is 9.89. The molecule has 3 atom stereocenters. The van der Waals surface area contributed by atoms with Gasteiger partial charge in [-0.1, -0.05) is 18.2 Å². The van der Waals surface area contributed by atoms with Crippen molar-refractivity contribution in [2.45, 2.75) is 50.4 Å². The van der Waals surface area contributed by atoms with Gasteiger partial charge in [-0.05, 0) is 61.6 Å². The molecule has 2 fully saturated rings. The highest BCUT2D eigenvalue weighted by Crippen LogP contribution is 2.34. The lowest BCUT2D eigenvalue weighted by molar-refractivity contribution is -0.0117. The van der Waals surface area contributed by atoms with E-state index in [1.807, 2.05) is 6.20 Å². The summed E-state index contributed by atoms with van der Waals surface area (Å²) in [7, 11) is 2.29. The summed E-state index contributed by atoms with van der Waals surface area (Å²) in [6.07, 6.45) is 6.70. The van der Waals surface area contributed by atoms with Crippen molar-refractivity contribution in [1.82, 2.24) is 20.1 Å². The van der Waals surface area contributed by atoms with Crippen LogP contribution in [0, 0.1) is 0 Å². The Balaban J connectivity index is 1.17. The Labute approximate surface area is 197 Å². The first-order valence-electron chi connectivity index (χ1n) is 12.8. The SMILES string of the molecule is CN(C[C@@H]1Cc2c(cccc2N2CCN3CCOCC3C2)CN1)[C@H]1CCCc2cccnc21. The van der Waals surface area contributed by atoms with E-state index in [0.717, 1.165) is 58.9 Å². The number of likely N-dealkylation sites (N-methyl/N-ethyl adjacent to an activating group) is 1. The Morgan fingerprint density at radius 3 is 3.06 bits per heavy atom. The normalized spacial score (nSPS) is 27.7. The van der Waals surface area contributed by atoms with Crippen LogP contribution in [0.3, 0.4) is 0 Å². The Morgan fingerprint density at radius 2 is 2.09 bits per heavy atom. The predicted molar refractivity (Wildman–Crippen MR) is 132 cm³/mol. The van der Waals surface area contributed by atoms with Gasteiger partial charge in [0.25, 0.3) is 0 Å². The molecule has 1 unspecified atom stereocenters. The van der Waals surface area contributed by atoms with Crippen molar-refractivity contribution in [3.8, 4) is 0 Å². The standard InChI is InChI=1S/C27H37N5O/c1-30(26-9-2-5-20-7-4-10-28-27(20)26)17-22-15-24-21(16-29-22)6-3-8-25(24)32-12-11-31-13-14-33-19-23(31)18-32/h3-4,6-8,10,22-23,26,29H,2,5,9,11-19H2,1H3/t22-,23?,26-/m0/s1. The number of hydrogen-bond donors (Lipinski definition) is 1. The first-order chi connectivity index (χ1) is 16.3. The summed E-state index contributed by atoms with van der Waals surface area (Å²) in [5, 5.41) is 3.84. The Kier molecular flexibility index (Phi) is 6.09. The summed E-state index contributed by atoms with van der Waals surface area (Å²) in [6.45, 7) is 8.22. The van der Waals surface area contributed by atoms with Gasteiger partial charge in [-0.15, -0.1) is 0 Å². The van der Waals surface area contributed by atoms with Crippen molar-refractivity contribution in [1.29, 1.82) is 0 Å². The maximum absolute atomic E-state index is 5.79. The average Bonchev–Trinajstić information content (AvgIpc) is 2.87. The fraction of sp³-hybridized carbons (Fsp3) is 0.593. The number of aromatic nitrogens is 1. The molecule has 176 valence electrons. The van der Waals surface area contributed by atoms with Gasteiger partial charge < -0.3 is 15.0 Å². The number of fused-ring (bicyclic) bond motifs is 3. The van der Waals surface area contributed by atoms with Crippen LogP contribution in [0.1, 0.15) is 41.3 Å². The lowest BCUT2D eigenvalue weighted by Crippen LogP contribution is -2.58. The first-order valence-corrected chi connectivity index (χ1v) is 12.8. The van der Waals surface area contributed by atoms with Crippen LogP contribution in [-0.2, 0) is 24.1 Å². The molecule has 0 spiro atoms. The minimum atomic E-state index is 0.438. The minimum absolute atomic E-state index is 0.438. The number of aryl methyl sites for hydroxylation is 1. The van der Waals surface area contributed by atoms with Gasteiger partial charge in [0.15, 0.2) is 0 Å². The molecule has 6 nitrogen and oxygen atoms in total. The maximum atomic E-state index is 5.79. The van der Waals surface area contributed by atoms with E-state index in [4.69, 9.17) is 9.72 Å². The second-order valence-electron chi connectivity index (χ2n) is 10.3. The van der Waals surface area contributed by atoms with Gasteiger partial charge in [-0.3, -0.25) is 14.8 Å². The molecular weight excluding hydrogens is 410 g/mol. The molecule has 4 aliphatic rings. The van der Waals surface area contributed by atoms with Gasteiger partial charge in [0.1, 0.15) is 0 Å². The van der Waals surface area contributed by atoms with Crippen LogP contribution in [0.4, 0.5) is 5.69 Å². The van der Waals surface area contributed by atoms with E-state index < -0.39 is 0 Å². The summed E-state index contributed by atoms with van der Waals surface area (Å²) in [5.74, 6) is 0. The third-order valence-corrected chi connectivity index (χ3v) is 8.26. The van der Waals surface area contributed by atoms with Crippen molar-refractivity contribution >= 4 is 5.69 Å². The van der Waals surface area contributed by atoms with E-state index in [1.54, 1.807) is 5.56 Å². The van der Waals surface area contributed by atoms with Crippen LogP contribution >= 0.6 is 0 Å². The summed E-state index contributed by atoms with van der Waals surface area (Å²) in [4.78, 5) is 12.6. The van der Waals surface area contributed by atoms with E-state index in [2.05, 4.69) is 57.4 Å². The van der Waals surface area contributed by atoms with Crippen LogP contribution in [-0.4, -0.2) is 79.9 Å². The summed E-state index contributed by atoms with van der Waals surface area (Å²) in [6, 6.07) is 12.7. The lowest BCUT2D eigenvalue weighted by Gasteiger charge is -2.45. The molecule has 3 aliphatic heterocycles. The molecule has 2 saturated heterocycles. The van der Waals surface area contributed by atoms with Gasteiger partial charge in [0.05, 0.1) is 31.0 Å².